The minimum absolute atomic E-state index is 0.159. The number of nitrogens with zero attached hydrogens (tertiary/aromatic N) is 1. The standard InChI is InChI=1S/C14H23NOS/c1-4-14(5-2,12-16)11-15(6-3)10-13-8-7-9-17-13/h7-9,12H,4-6,10-11H2,1-3H3. The highest BCUT2D eigenvalue weighted by Gasteiger charge is 2.27. The summed E-state index contributed by atoms with van der Waals surface area (Å²) in [4.78, 5) is 15.1. The molecule has 3 heteroatoms. The Balaban J connectivity index is 2.65. The summed E-state index contributed by atoms with van der Waals surface area (Å²) in [6, 6.07) is 4.24. The second-order valence-electron chi connectivity index (χ2n) is 4.57. The van der Waals surface area contributed by atoms with Crippen molar-refractivity contribution in [3.63, 3.8) is 0 Å². The van der Waals surface area contributed by atoms with Crippen LogP contribution in [-0.2, 0) is 11.3 Å². The maximum atomic E-state index is 11.3. The molecule has 0 spiro atoms. The van der Waals surface area contributed by atoms with Gasteiger partial charge in [0.15, 0.2) is 0 Å². The van der Waals surface area contributed by atoms with Crippen molar-refractivity contribution in [1.82, 2.24) is 4.90 Å². The second kappa shape index (κ2) is 6.92. The van der Waals surface area contributed by atoms with Gasteiger partial charge in [-0.2, -0.15) is 0 Å². The molecule has 0 aliphatic heterocycles. The molecule has 0 bridgehead atoms. The molecule has 2 nitrogen and oxygen atoms in total. The zero-order valence-electron chi connectivity index (χ0n) is 11.1. The van der Waals surface area contributed by atoms with Crippen LogP contribution >= 0.6 is 11.3 Å². The van der Waals surface area contributed by atoms with E-state index in [4.69, 9.17) is 0 Å². The van der Waals surface area contributed by atoms with Crippen LogP contribution in [0.15, 0.2) is 17.5 Å². The molecule has 0 unspecified atom stereocenters. The van der Waals surface area contributed by atoms with Crippen LogP contribution in [0.2, 0.25) is 0 Å². The van der Waals surface area contributed by atoms with Crippen molar-refractivity contribution in [3.05, 3.63) is 22.4 Å². The SMILES string of the molecule is CCN(Cc1cccs1)CC(C=O)(CC)CC. The van der Waals surface area contributed by atoms with E-state index in [0.717, 1.165) is 38.8 Å². The zero-order valence-corrected chi connectivity index (χ0v) is 11.9. The van der Waals surface area contributed by atoms with Crippen molar-refractivity contribution >= 4 is 17.6 Å². The Morgan fingerprint density at radius 3 is 2.47 bits per heavy atom. The van der Waals surface area contributed by atoms with E-state index in [0.29, 0.717) is 0 Å². The zero-order chi connectivity index (χ0) is 12.7. The molecule has 96 valence electrons. The summed E-state index contributed by atoms with van der Waals surface area (Å²) in [6.07, 6.45) is 3.01. The van der Waals surface area contributed by atoms with E-state index in [1.807, 2.05) is 0 Å². The minimum Gasteiger partial charge on any atom is -0.303 e. The molecule has 1 heterocycles. The third-order valence-corrected chi connectivity index (χ3v) is 4.46. The van der Waals surface area contributed by atoms with E-state index < -0.39 is 0 Å². The van der Waals surface area contributed by atoms with Crippen molar-refractivity contribution < 1.29 is 4.79 Å². The fraction of sp³-hybridized carbons (Fsp3) is 0.643. The Hall–Kier alpha value is -0.670. The van der Waals surface area contributed by atoms with Gasteiger partial charge < -0.3 is 4.79 Å². The Morgan fingerprint density at radius 1 is 1.35 bits per heavy atom. The van der Waals surface area contributed by atoms with E-state index in [-0.39, 0.29) is 5.41 Å². The average molecular weight is 253 g/mol. The van der Waals surface area contributed by atoms with Crippen molar-refractivity contribution in [2.75, 3.05) is 13.1 Å². The first-order valence-electron chi connectivity index (χ1n) is 6.40. The summed E-state index contributed by atoms with van der Waals surface area (Å²) in [5, 5.41) is 2.11. The molecule has 0 amide bonds. The molecule has 0 saturated carbocycles. The lowest BCUT2D eigenvalue weighted by atomic mass is 9.83. The van der Waals surface area contributed by atoms with Crippen LogP contribution in [0.4, 0.5) is 0 Å². The summed E-state index contributed by atoms with van der Waals surface area (Å²) in [5.41, 5.74) is -0.159. The van der Waals surface area contributed by atoms with Crippen LogP contribution in [0.3, 0.4) is 0 Å². The lowest BCUT2D eigenvalue weighted by molar-refractivity contribution is -0.117. The first kappa shape index (κ1) is 14.4. The number of rotatable bonds is 8. The van der Waals surface area contributed by atoms with Gasteiger partial charge in [0.2, 0.25) is 0 Å². The van der Waals surface area contributed by atoms with Crippen LogP contribution in [0.5, 0.6) is 0 Å². The van der Waals surface area contributed by atoms with E-state index >= 15 is 0 Å². The van der Waals surface area contributed by atoms with E-state index in [2.05, 4.69) is 43.2 Å². The Morgan fingerprint density at radius 2 is 2.06 bits per heavy atom. The first-order chi connectivity index (χ1) is 8.19. The van der Waals surface area contributed by atoms with Gasteiger partial charge in [-0.1, -0.05) is 26.8 Å². The molecule has 1 aromatic rings. The summed E-state index contributed by atoms with van der Waals surface area (Å²) in [7, 11) is 0. The first-order valence-corrected chi connectivity index (χ1v) is 7.28. The molecule has 0 fully saturated rings. The van der Waals surface area contributed by atoms with Gasteiger partial charge >= 0.3 is 0 Å². The number of hydrogen-bond donors (Lipinski definition) is 0. The van der Waals surface area contributed by atoms with Crippen LogP contribution in [0.1, 0.15) is 38.5 Å². The maximum Gasteiger partial charge on any atom is 0.127 e. The number of aldehydes is 1. The molecule has 0 aliphatic carbocycles. The average Bonchev–Trinajstić information content (AvgIpc) is 2.87. The summed E-state index contributed by atoms with van der Waals surface area (Å²) in [5.74, 6) is 0. The van der Waals surface area contributed by atoms with Gasteiger partial charge in [-0.25, -0.2) is 0 Å². The quantitative estimate of drug-likeness (QED) is 0.660. The lowest BCUT2D eigenvalue weighted by Gasteiger charge is -2.32. The highest BCUT2D eigenvalue weighted by Crippen LogP contribution is 2.26. The predicted octanol–water partition coefficient (Wildman–Crippen LogP) is 3.58. The predicted molar refractivity (Wildman–Crippen MR) is 74.3 cm³/mol. The second-order valence-corrected chi connectivity index (χ2v) is 5.60. The van der Waals surface area contributed by atoms with Crippen LogP contribution in [-0.4, -0.2) is 24.3 Å². The van der Waals surface area contributed by atoms with Crippen molar-refractivity contribution in [2.24, 2.45) is 5.41 Å². The fourth-order valence-corrected chi connectivity index (χ4v) is 2.77. The molecular weight excluding hydrogens is 230 g/mol. The molecule has 0 atom stereocenters. The lowest BCUT2D eigenvalue weighted by Crippen LogP contribution is -2.37. The highest BCUT2D eigenvalue weighted by molar-refractivity contribution is 7.09. The fourth-order valence-electron chi connectivity index (χ4n) is 2.03. The van der Waals surface area contributed by atoms with Gasteiger partial charge in [0.25, 0.3) is 0 Å². The molecule has 0 aromatic carbocycles. The topological polar surface area (TPSA) is 20.3 Å². The molecule has 1 rings (SSSR count). The Bertz CT molecular complexity index is 317. The van der Waals surface area contributed by atoms with Gasteiger partial charge in [-0.15, -0.1) is 11.3 Å². The summed E-state index contributed by atoms with van der Waals surface area (Å²) < 4.78 is 0. The summed E-state index contributed by atoms with van der Waals surface area (Å²) in [6.45, 7) is 9.21. The smallest absolute Gasteiger partial charge is 0.127 e. The molecule has 1 aromatic heterocycles. The third kappa shape index (κ3) is 3.93. The number of hydrogen-bond acceptors (Lipinski definition) is 3. The molecule has 17 heavy (non-hydrogen) atoms. The number of carbonyl (C=O) groups excluding carboxylic acids is 1. The Labute approximate surface area is 109 Å². The van der Waals surface area contributed by atoms with Gasteiger partial charge in [0, 0.05) is 23.4 Å². The summed E-state index contributed by atoms with van der Waals surface area (Å²) >= 11 is 1.79. The van der Waals surface area contributed by atoms with E-state index in [1.54, 1.807) is 11.3 Å². The maximum absolute atomic E-state index is 11.3. The third-order valence-electron chi connectivity index (χ3n) is 3.60. The van der Waals surface area contributed by atoms with Crippen LogP contribution in [0, 0.1) is 5.41 Å². The highest BCUT2D eigenvalue weighted by atomic mass is 32.1. The molecule has 0 saturated heterocycles. The Kier molecular flexibility index (Phi) is 5.86. The monoisotopic (exact) mass is 253 g/mol. The van der Waals surface area contributed by atoms with E-state index in [1.165, 1.54) is 4.88 Å². The molecule has 0 radical (unpaired) electrons. The molecule has 0 N–H and O–H groups in total. The number of carbonyl (C=O) groups is 1. The van der Waals surface area contributed by atoms with E-state index in [9.17, 15) is 4.79 Å². The molecular formula is C14H23NOS. The van der Waals surface area contributed by atoms with Gasteiger partial charge in [0.1, 0.15) is 6.29 Å². The van der Waals surface area contributed by atoms with Gasteiger partial charge in [0.05, 0.1) is 0 Å². The molecule has 0 aliphatic rings. The van der Waals surface area contributed by atoms with Gasteiger partial charge in [-0.3, -0.25) is 4.90 Å². The largest absolute Gasteiger partial charge is 0.303 e. The number of thiophene rings is 1. The van der Waals surface area contributed by atoms with Crippen LogP contribution in [0.25, 0.3) is 0 Å². The van der Waals surface area contributed by atoms with Crippen LogP contribution < -0.4 is 0 Å². The minimum atomic E-state index is -0.159. The normalized spacial score (nSPS) is 12.0. The van der Waals surface area contributed by atoms with Gasteiger partial charge in [-0.05, 0) is 30.8 Å². The van der Waals surface area contributed by atoms with Crippen molar-refractivity contribution in [1.29, 1.82) is 0 Å². The van der Waals surface area contributed by atoms with Crippen molar-refractivity contribution in [2.45, 2.75) is 40.2 Å². The van der Waals surface area contributed by atoms with Crippen molar-refractivity contribution in [3.8, 4) is 0 Å².